The molecular formula is C28H34N2O5. The molecule has 3 N–H and O–H groups in total. The molecule has 0 saturated heterocycles. The predicted molar refractivity (Wildman–Crippen MR) is 133 cm³/mol. The van der Waals surface area contributed by atoms with Crippen molar-refractivity contribution in [2.75, 3.05) is 13.2 Å². The van der Waals surface area contributed by atoms with Gasteiger partial charge in [-0.05, 0) is 53.9 Å². The summed E-state index contributed by atoms with van der Waals surface area (Å²) in [5.41, 5.74) is 4.63. The van der Waals surface area contributed by atoms with E-state index in [1.54, 1.807) is 0 Å². The fourth-order valence-electron chi connectivity index (χ4n) is 5.36. The van der Waals surface area contributed by atoms with Crippen LogP contribution >= 0.6 is 0 Å². The van der Waals surface area contributed by atoms with Crippen molar-refractivity contribution in [1.82, 2.24) is 10.6 Å². The number of nitrogens with one attached hydrogen (secondary N) is 2. The zero-order valence-electron chi connectivity index (χ0n) is 20.3. The molecule has 2 aliphatic carbocycles. The monoisotopic (exact) mass is 478 g/mol. The topological polar surface area (TPSA) is 105 Å². The maximum atomic E-state index is 12.9. The van der Waals surface area contributed by atoms with Gasteiger partial charge in [0, 0.05) is 18.5 Å². The molecule has 0 radical (unpaired) electrons. The number of benzene rings is 2. The van der Waals surface area contributed by atoms with Crippen LogP contribution in [0.3, 0.4) is 0 Å². The molecule has 0 spiro atoms. The van der Waals surface area contributed by atoms with Gasteiger partial charge in [-0.25, -0.2) is 4.79 Å². The number of carbonyl (C=O) groups is 3. The van der Waals surface area contributed by atoms with Crippen LogP contribution in [0.25, 0.3) is 11.1 Å². The van der Waals surface area contributed by atoms with Gasteiger partial charge in [0.2, 0.25) is 5.91 Å². The lowest BCUT2D eigenvalue weighted by Gasteiger charge is -2.22. The zero-order chi connectivity index (χ0) is 24.9. The second kappa shape index (κ2) is 10.9. The van der Waals surface area contributed by atoms with Crippen molar-refractivity contribution in [3.8, 4) is 11.1 Å². The van der Waals surface area contributed by atoms with E-state index in [1.807, 2.05) is 38.1 Å². The van der Waals surface area contributed by atoms with Gasteiger partial charge in [-0.2, -0.15) is 0 Å². The summed E-state index contributed by atoms with van der Waals surface area (Å²) in [6.45, 7) is 4.46. The summed E-state index contributed by atoms with van der Waals surface area (Å²) < 4.78 is 5.60. The number of carboxylic acid groups (broad SMARTS) is 1. The molecular weight excluding hydrogens is 444 g/mol. The fraction of sp³-hybridized carbons (Fsp3) is 0.464. The minimum absolute atomic E-state index is 0.0209. The lowest BCUT2D eigenvalue weighted by molar-refractivity contribution is -0.141. The average molecular weight is 479 g/mol. The highest BCUT2D eigenvalue weighted by Crippen LogP contribution is 2.44. The highest BCUT2D eigenvalue weighted by molar-refractivity contribution is 5.81. The number of aliphatic carboxylic acids is 1. The van der Waals surface area contributed by atoms with E-state index >= 15 is 0 Å². The molecule has 4 rings (SSSR count). The number of carboxylic acids is 1. The molecule has 1 fully saturated rings. The Labute approximate surface area is 206 Å². The largest absolute Gasteiger partial charge is 0.481 e. The normalized spacial score (nSPS) is 19.6. The Morgan fingerprint density at radius 3 is 2.20 bits per heavy atom. The number of amides is 2. The second-order valence-electron chi connectivity index (χ2n) is 10.1. The van der Waals surface area contributed by atoms with Gasteiger partial charge in [0.05, 0.1) is 11.8 Å². The fourth-order valence-corrected chi connectivity index (χ4v) is 5.36. The van der Waals surface area contributed by atoms with Gasteiger partial charge >= 0.3 is 12.1 Å². The quantitative estimate of drug-likeness (QED) is 0.490. The minimum Gasteiger partial charge on any atom is -0.481 e. The van der Waals surface area contributed by atoms with Crippen LogP contribution in [0.1, 0.15) is 56.6 Å². The van der Waals surface area contributed by atoms with E-state index in [4.69, 9.17) is 4.74 Å². The molecule has 2 aliphatic rings. The molecule has 1 saturated carbocycles. The van der Waals surface area contributed by atoms with Crippen molar-refractivity contribution in [3.63, 3.8) is 0 Å². The molecule has 2 aromatic carbocycles. The minimum atomic E-state index is -0.808. The van der Waals surface area contributed by atoms with Crippen molar-refractivity contribution in [2.45, 2.75) is 51.5 Å². The number of rotatable bonds is 9. The van der Waals surface area contributed by atoms with Crippen LogP contribution < -0.4 is 10.6 Å². The maximum absolute atomic E-state index is 12.9. The Balaban J connectivity index is 1.31. The molecule has 0 aromatic heterocycles. The lowest BCUT2D eigenvalue weighted by Crippen LogP contribution is -2.43. The summed E-state index contributed by atoms with van der Waals surface area (Å²) in [6.07, 6.45) is 1.77. The Morgan fingerprint density at radius 1 is 1.00 bits per heavy atom. The Hall–Kier alpha value is -3.35. The number of fused-ring (bicyclic) bond motifs is 3. The summed E-state index contributed by atoms with van der Waals surface area (Å²) in [4.78, 5) is 36.7. The Morgan fingerprint density at radius 2 is 1.63 bits per heavy atom. The van der Waals surface area contributed by atoms with Gasteiger partial charge in [-0.15, -0.1) is 0 Å². The van der Waals surface area contributed by atoms with E-state index in [1.165, 1.54) is 11.1 Å². The van der Waals surface area contributed by atoms with Crippen molar-refractivity contribution in [2.24, 2.45) is 17.8 Å². The summed E-state index contributed by atoms with van der Waals surface area (Å²) in [7, 11) is 0. The standard InChI is InChI=1S/C28H34N2O5/c1-17(2)13-19(26(31)30-20-12-11-18(14-20)27(32)33)15-29-28(34)35-16-25-23-9-5-3-7-21(23)22-8-4-6-10-24(22)25/h3-10,17-20,25H,11-16H2,1-2H3,(H,29,34)(H,30,31)(H,32,33). The summed E-state index contributed by atoms with van der Waals surface area (Å²) in [5, 5.41) is 15.0. The number of carbonyl (C=O) groups excluding carboxylic acids is 2. The van der Waals surface area contributed by atoms with Gasteiger partial charge in [0.1, 0.15) is 6.61 Å². The van der Waals surface area contributed by atoms with E-state index in [-0.39, 0.29) is 36.9 Å². The highest BCUT2D eigenvalue weighted by atomic mass is 16.5. The van der Waals surface area contributed by atoms with E-state index in [0.717, 1.165) is 11.1 Å². The molecule has 0 bridgehead atoms. The van der Waals surface area contributed by atoms with Crippen LogP contribution in [0.5, 0.6) is 0 Å². The third-order valence-electron chi connectivity index (χ3n) is 7.09. The molecule has 3 unspecified atom stereocenters. The molecule has 7 heteroatoms. The van der Waals surface area contributed by atoms with Crippen molar-refractivity contribution in [3.05, 3.63) is 59.7 Å². The molecule has 2 aromatic rings. The Kier molecular flexibility index (Phi) is 7.73. The van der Waals surface area contributed by atoms with Crippen LogP contribution in [-0.2, 0) is 14.3 Å². The van der Waals surface area contributed by atoms with Gasteiger partial charge in [0.25, 0.3) is 0 Å². The van der Waals surface area contributed by atoms with Gasteiger partial charge in [-0.3, -0.25) is 9.59 Å². The Bertz CT molecular complexity index is 1040. The first-order valence-electron chi connectivity index (χ1n) is 12.5. The summed E-state index contributed by atoms with van der Waals surface area (Å²) in [5.74, 6) is -1.51. The molecule has 2 amide bonds. The van der Waals surface area contributed by atoms with Crippen LogP contribution in [0.4, 0.5) is 4.79 Å². The summed E-state index contributed by atoms with van der Waals surface area (Å²) in [6, 6.07) is 16.2. The molecule has 3 atom stereocenters. The van der Waals surface area contributed by atoms with E-state index in [9.17, 15) is 19.5 Å². The molecule has 7 nitrogen and oxygen atoms in total. The van der Waals surface area contributed by atoms with Gasteiger partial charge in [-0.1, -0.05) is 62.4 Å². The van der Waals surface area contributed by atoms with Crippen LogP contribution in [0, 0.1) is 17.8 Å². The van der Waals surface area contributed by atoms with E-state index < -0.39 is 23.9 Å². The smallest absolute Gasteiger partial charge is 0.407 e. The first-order valence-corrected chi connectivity index (χ1v) is 12.5. The van der Waals surface area contributed by atoms with E-state index in [0.29, 0.717) is 25.7 Å². The first kappa shape index (κ1) is 24.8. The van der Waals surface area contributed by atoms with Crippen LogP contribution in [0.15, 0.2) is 48.5 Å². The molecule has 0 heterocycles. The number of ether oxygens (including phenoxy) is 1. The third-order valence-corrected chi connectivity index (χ3v) is 7.09. The van der Waals surface area contributed by atoms with Gasteiger partial charge < -0.3 is 20.5 Å². The molecule has 0 aliphatic heterocycles. The zero-order valence-corrected chi connectivity index (χ0v) is 20.3. The molecule has 186 valence electrons. The SMILES string of the molecule is CC(C)CC(CNC(=O)OCC1c2ccccc2-c2ccccc21)C(=O)NC1CCC(C(=O)O)C1. The number of alkyl carbamates (subject to hydrolysis) is 1. The predicted octanol–water partition coefficient (Wildman–Crippen LogP) is 4.56. The van der Waals surface area contributed by atoms with Gasteiger partial charge in [0.15, 0.2) is 0 Å². The number of hydrogen-bond donors (Lipinski definition) is 3. The first-order chi connectivity index (χ1) is 16.8. The van der Waals surface area contributed by atoms with Crippen LogP contribution in [0.2, 0.25) is 0 Å². The average Bonchev–Trinajstić information content (AvgIpc) is 3.43. The molecule has 35 heavy (non-hydrogen) atoms. The highest BCUT2D eigenvalue weighted by Gasteiger charge is 2.33. The number of hydrogen-bond acceptors (Lipinski definition) is 4. The summed E-state index contributed by atoms with van der Waals surface area (Å²) >= 11 is 0. The third kappa shape index (κ3) is 5.84. The van der Waals surface area contributed by atoms with Crippen LogP contribution in [-0.4, -0.2) is 42.3 Å². The maximum Gasteiger partial charge on any atom is 0.407 e. The van der Waals surface area contributed by atoms with Crippen molar-refractivity contribution < 1.29 is 24.2 Å². The van der Waals surface area contributed by atoms with Crippen molar-refractivity contribution >= 4 is 18.0 Å². The second-order valence-corrected chi connectivity index (χ2v) is 10.1. The lowest BCUT2D eigenvalue weighted by atomic mass is 9.95. The van der Waals surface area contributed by atoms with Crippen molar-refractivity contribution in [1.29, 1.82) is 0 Å². The van der Waals surface area contributed by atoms with E-state index in [2.05, 4.69) is 34.9 Å².